The average Bonchev–Trinajstić information content (AvgIpc) is 3.18. The molecule has 1 aliphatic heterocycles. The maximum absolute atomic E-state index is 11.9. The van der Waals surface area contributed by atoms with Gasteiger partial charge in [0.1, 0.15) is 17.8 Å². The van der Waals surface area contributed by atoms with Crippen molar-refractivity contribution in [3.63, 3.8) is 0 Å². The first kappa shape index (κ1) is 18.1. The summed E-state index contributed by atoms with van der Waals surface area (Å²) in [5, 5.41) is 1.09. The lowest BCUT2D eigenvalue weighted by Crippen LogP contribution is -2.47. The summed E-state index contributed by atoms with van der Waals surface area (Å²) in [6, 6.07) is 2.56. The van der Waals surface area contributed by atoms with E-state index in [-0.39, 0.29) is 6.09 Å². The van der Waals surface area contributed by atoms with E-state index in [0.29, 0.717) is 18.1 Å². The maximum atomic E-state index is 11.9. The lowest BCUT2D eigenvalue weighted by atomic mass is 9.67. The van der Waals surface area contributed by atoms with Crippen LogP contribution in [0.3, 0.4) is 0 Å². The van der Waals surface area contributed by atoms with Gasteiger partial charge in [0, 0.05) is 32.4 Å². The normalized spacial score (nSPS) is 20.1. The van der Waals surface area contributed by atoms with Crippen LogP contribution in [0.15, 0.2) is 18.6 Å². The van der Waals surface area contributed by atoms with E-state index in [2.05, 4.69) is 33.0 Å². The highest BCUT2D eigenvalue weighted by Crippen LogP contribution is 2.46. The van der Waals surface area contributed by atoms with E-state index in [4.69, 9.17) is 4.74 Å². The minimum absolute atomic E-state index is 0.153. The van der Waals surface area contributed by atoms with Gasteiger partial charge in [-0.15, -0.1) is 0 Å². The second-order valence-corrected chi connectivity index (χ2v) is 7.97. The Labute approximate surface area is 160 Å². The second kappa shape index (κ2) is 7.37. The second-order valence-electron chi connectivity index (χ2n) is 7.97. The van der Waals surface area contributed by atoms with Crippen LogP contribution in [-0.2, 0) is 4.74 Å². The molecule has 7 nitrogen and oxygen atoms in total. The van der Waals surface area contributed by atoms with Gasteiger partial charge in [-0.25, -0.2) is 14.8 Å². The lowest BCUT2D eigenvalue weighted by molar-refractivity contribution is 0.0473. The summed E-state index contributed by atoms with van der Waals surface area (Å²) in [4.78, 5) is 28.1. The summed E-state index contributed by atoms with van der Waals surface area (Å²) >= 11 is 0. The number of carbonyl (C=O) groups is 1. The van der Waals surface area contributed by atoms with Crippen LogP contribution >= 0.6 is 0 Å². The number of aromatic nitrogens is 3. The van der Waals surface area contributed by atoms with E-state index in [9.17, 15) is 4.79 Å². The molecule has 1 amide bonds. The molecule has 1 saturated heterocycles. The molecule has 3 heterocycles. The summed E-state index contributed by atoms with van der Waals surface area (Å²) in [7, 11) is 2.15. The molecule has 2 aromatic rings. The molecule has 27 heavy (non-hydrogen) atoms. The number of nitrogens with zero attached hydrogens (tertiary/aromatic N) is 4. The molecule has 2 aromatic heterocycles. The third-order valence-electron chi connectivity index (χ3n) is 6.58. The SMILES string of the molecule is CCOC(=O)N1CCC2(CCC(N(C)c3ncnc4[nH]ccc34)CC2)CC1. The van der Waals surface area contributed by atoms with Crippen molar-refractivity contribution >= 4 is 22.9 Å². The molecular formula is C20H29N5O2. The molecule has 7 heteroatoms. The largest absolute Gasteiger partial charge is 0.450 e. The molecular weight excluding hydrogens is 342 g/mol. The van der Waals surface area contributed by atoms with Crippen molar-refractivity contribution in [2.45, 2.75) is 51.5 Å². The molecule has 2 aliphatic rings. The quantitative estimate of drug-likeness (QED) is 0.893. The van der Waals surface area contributed by atoms with Gasteiger partial charge in [0.15, 0.2) is 0 Å². The van der Waals surface area contributed by atoms with Crippen molar-refractivity contribution < 1.29 is 9.53 Å². The number of aromatic amines is 1. The number of amides is 1. The fraction of sp³-hybridized carbons (Fsp3) is 0.650. The van der Waals surface area contributed by atoms with E-state index >= 15 is 0 Å². The Morgan fingerprint density at radius 1 is 1.30 bits per heavy atom. The Morgan fingerprint density at radius 3 is 2.74 bits per heavy atom. The van der Waals surface area contributed by atoms with Gasteiger partial charge in [0.05, 0.1) is 12.0 Å². The maximum Gasteiger partial charge on any atom is 0.409 e. The molecule has 0 bridgehead atoms. The number of likely N-dealkylation sites (tertiary alicyclic amines) is 1. The van der Waals surface area contributed by atoms with Crippen LogP contribution < -0.4 is 4.90 Å². The highest BCUT2D eigenvalue weighted by Gasteiger charge is 2.40. The van der Waals surface area contributed by atoms with Gasteiger partial charge < -0.3 is 19.5 Å². The van der Waals surface area contributed by atoms with Crippen LogP contribution in [0.25, 0.3) is 11.0 Å². The molecule has 146 valence electrons. The number of rotatable bonds is 3. The van der Waals surface area contributed by atoms with E-state index in [1.165, 1.54) is 25.7 Å². The monoisotopic (exact) mass is 371 g/mol. The number of hydrogen-bond acceptors (Lipinski definition) is 5. The van der Waals surface area contributed by atoms with Gasteiger partial charge in [0.25, 0.3) is 0 Å². The molecule has 0 atom stereocenters. The van der Waals surface area contributed by atoms with Crippen LogP contribution in [-0.4, -0.2) is 58.7 Å². The summed E-state index contributed by atoms with van der Waals surface area (Å²) < 4.78 is 5.15. The Kier molecular flexibility index (Phi) is 4.93. The Balaban J connectivity index is 1.37. The Hall–Kier alpha value is -2.31. The molecule has 1 spiro atoms. The summed E-state index contributed by atoms with van der Waals surface area (Å²) in [6.07, 6.45) is 10.4. The minimum atomic E-state index is -0.153. The van der Waals surface area contributed by atoms with Crippen molar-refractivity contribution in [1.29, 1.82) is 0 Å². The zero-order chi connectivity index (χ0) is 18.9. The van der Waals surface area contributed by atoms with E-state index in [1.54, 1.807) is 6.33 Å². The third kappa shape index (κ3) is 3.47. The molecule has 1 saturated carbocycles. The number of fused-ring (bicyclic) bond motifs is 1. The van der Waals surface area contributed by atoms with Crippen molar-refractivity contribution in [1.82, 2.24) is 19.9 Å². The predicted molar refractivity (Wildman–Crippen MR) is 105 cm³/mol. The minimum Gasteiger partial charge on any atom is -0.450 e. The fourth-order valence-corrected chi connectivity index (χ4v) is 4.79. The lowest BCUT2D eigenvalue weighted by Gasteiger charge is -2.47. The summed E-state index contributed by atoms with van der Waals surface area (Å²) in [6.45, 7) is 3.97. The number of carbonyl (C=O) groups excluding carboxylic acids is 1. The Bertz CT molecular complexity index is 787. The van der Waals surface area contributed by atoms with Crippen LogP contribution in [0, 0.1) is 5.41 Å². The summed E-state index contributed by atoms with van der Waals surface area (Å²) in [5.74, 6) is 1.01. The van der Waals surface area contributed by atoms with E-state index in [0.717, 1.165) is 42.8 Å². The molecule has 0 radical (unpaired) electrons. The first-order valence-electron chi connectivity index (χ1n) is 10.0. The van der Waals surface area contributed by atoms with Gasteiger partial charge in [-0.05, 0) is 56.9 Å². The van der Waals surface area contributed by atoms with Crippen molar-refractivity contribution in [2.24, 2.45) is 5.41 Å². The van der Waals surface area contributed by atoms with Crippen LogP contribution in [0.2, 0.25) is 0 Å². The summed E-state index contributed by atoms with van der Waals surface area (Å²) in [5.41, 5.74) is 1.29. The predicted octanol–water partition coefficient (Wildman–Crippen LogP) is 3.58. The number of piperidine rings is 1. The van der Waals surface area contributed by atoms with Crippen molar-refractivity contribution in [3.8, 4) is 0 Å². The molecule has 4 rings (SSSR count). The molecule has 2 fully saturated rings. The Morgan fingerprint density at radius 2 is 2.04 bits per heavy atom. The van der Waals surface area contributed by atoms with Crippen molar-refractivity contribution in [2.75, 3.05) is 31.6 Å². The molecule has 0 unspecified atom stereocenters. The highest BCUT2D eigenvalue weighted by molar-refractivity contribution is 5.87. The van der Waals surface area contributed by atoms with Crippen LogP contribution in [0.4, 0.5) is 10.6 Å². The van der Waals surface area contributed by atoms with Crippen LogP contribution in [0.5, 0.6) is 0 Å². The standard InChI is InChI=1S/C20H29N5O2/c1-3-27-19(26)25-12-9-20(10-13-25)7-4-15(5-8-20)24(2)18-16-6-11-21-17(16)22-14-23-18/h6,11,14-15H,3-5,7-10,12-13H2,1-2H3,(H,21,22,23). The molecule has 1 N–H and O–H groups in total. The number of anilines is 1. The fourth-order valence-electron chi connectivity index (χ4n) is 4.79. The zero-order valence-corrected chi connectivity index (χ0v) is 16.3. The van der Waals surface area contributed by atoms with Gasteiger partial charge in [-0.3, -0.25) is 0 Å². The molecule has 0 aromatic carbocycles. The van der Waals surface area contributed by atoms with E-state index in [1.807, 2.05) is 18.0 Å². The highest BCUT2D eigenvalue weighted by atomic mass is 16.6. The van der Waals surface area contributed by atoms with E-state index < -0.39 is 0 Å². The van der Waals surface area contributed by atoms with Crippen LogP contribution in [0.1, 0.15) is 45.4 Å². The van der Waals surface area contributed by atoms with Crippen molar-refractivity contribution in [3.05, 3.63) is 18.6 Å². The topological polar surface area (TPSA) is 74.3 Å². The zero-order valence-electron chi connectivity index (χ0n) is 16.3. The number of nitrogens with one attached hydrogen (secondary N) is 1. The number of hydrogen-bond donors (Lipinski definition) is 1. The first-order valence-corrected chi connectivity index (χ1v) is 10.0. The van der Waals surface area contributed by atoms with Gasteiger partial charge in [0.2, 0.25) is 0 Å². The first-order chi connectivity index (χ1) is 13.1. The van der Waals surface area contributed by atoms with Gasteiger partial charge >= 0.3 is 6.09 Å². The van der Waals surface area contributed by atoms with Gasteiger partial charge in [-0.2, -0.15) is 0 Å². The number of ether oxygens (including phenoxy) is 1. The van der Waals surface area contributed by atoms with Gasteiger partial charge in [-0.1, -0.05) is 0 Å². The molecule has 1 aliphatic carbocycles. The smallest absolute Gasteiger partial charge is 0.409 e. The number of H-pyrrole nitrogens is 1. The third-order valence-corrected chi connectivity index (χ3v) is 6.58. The average molecular weight is 371 g/mol.